The summed E-state index contributed by atoms with van der Waals surface area (Å²) in [6, 6.07) is 4.90. The summed E-state index contributed by atoms with van der Waals surface area (Å²) in [5.74, 6) is 0. The number of benzene rings is 2. The predicted molar refractivity (Wildman–Crippen MR) is 124 cm³/mol. The minimum Gasteiger partial charge on any atom is -0.443 e. The van der Waals surface area contributed by atoms with E-state index >= 15 is 0 Å². The molecule has 1 unspecified atom stereocenters. The van der Waals surface area contributed by atoms with Crippen molar-refractivity contribution in [2.75, 3.05) is 11.4 Å². The highest BCUT2D eigenvalue weighted by atomic mass is 19.4. The van der Waals surface area contributed by atoms with Gasteiger partial charge < -0.3 is 14.8 Å². The smallest absolute Gasteiger partial charge is 0.416 e. The third-order valence-corrected chi connectivity index (χ3v) is 6.22. The zero-order chi connectivity index (χ0) is 27.2. The molecule has 0 radical (unpaired) electrons. The number of alkyl halides is 6. The van der Waals surface area contributed by atoms with Gasteiger partial charge >= 0.3 is 18.4 Å². The molecule has 1 atom stereocenters. The fraction of sp³-hybridized carbons (Fsp3) is 0.500. The van der Waals surface area contributed by atoms with Crippen molar-refractivity contribution in [3.05, 3.63) is 63.7 Å². The third-order valence-electron chi connectivity index (χ3n) is 6.22. The van der Waals surface area contributed by atoms with Crippen LogP contribution in [0.1, 0.15) is 73.0 Å². The highest BCUT2D eigenvalue weighted by molar-refractivity contribution is 5.89. The maximum absolute atomic E-state index is 13.3. The largest absolute Gasteiger partial charge is 0.443 e. The molecule has 2 heterocycles. The minimum absolute atomic E-state index is 0.118. The normalized spacial score (nSPS) is 18.3. The number of amides is 1. The van der Waals surface area contributed by atoms with Crippen LogP contribution >= 0.6 is 0 Å². The fourth-order valence-electron chi connectivity index (χ4n) is 4.56. The molecule has 0 aromatic heterocycles. The molecule has 0 saturated carbocycles. The van der Waals surface area contributed by atoms with Crippen molar-refractivity contribution in [1.29, 1.82) is 0 Å². The van der Waals surface area contributed by atoms with Gasteiger partial charge in [0, 0.05) is 19.1 Å². The first-order valence-electron chi connectivity index (χ1n) is 11.9. The monoisotopic (exact) mass is 530 g/mol. The molecule has 4 rings (SSSR count). The Balaban J connectivity index is 1.66. The summed E-state index contributed by atoms with van der Waals surface area (Å²) in [7, 11) is 0. The Morgan fingerprint density at radius 2 is 1.57 bits per heavy atom. The number of carbonyl (C=O) groups is 1. The van der Waals surface area contributed by atoms with Crippen LogP contribution in [0.5, 0.6) is 0 Å². The maximum Gasteiger partial charge on any atom is 0.416 e. The number of hydrogen-bond acceptors (Lipinski definition) is 4. The van der Waals surface area contributed by atoms with Gasteiger partial charge in [0.2, 0.25) is 0 Å². The molecule has 2 aliphatic heterocycles. The average Bonchev–Trinajstić information content (AvgIpc) is 3.15. The van der Waals surface area contributed by atoms with Crippen LogP contribution in [0.15, 0.2) is 30.3 Å². The van der Waals surface area contributed by atoms with Gasteiger partial charge in [0.1, 0.15) is 5.60 Å². The zero-order valence-electron chi connectivity index (χ0n) is 20.6. The molecular formula is C26H28F6N2O3. The summed E-state index contributed by atoms with van der Waals surface area (Å²) in [5, 5.41) is 3.14. The lowest BCUT2D eigenvalue weighted by atomic mass is 9.96. The fourth-order valence-corrected chi connectivity index (χ4v) is 4.56. The Bertz CT molecular complexity index is 1140. The second kappa shape index (κ2) is 9.83. The van der Waals surface area contributed by atoms with Gasteiger partial charge in [-0.1, -0.05) is 0 Å². The van der Waals surface area contributed by atoms with E-state index < -0.39 is 41.2 Å². The van der Waals surface area contributed by atoms with Crippen LogP contribution in [0.3, 0.4) is 0 Å². The van der Waals surface area contributed by atoms with Crippen molar-refractivity contribution in [3.63, 3.8) is 0 Å². The topological polar surface area (TPSA) is 50.8 Å². The molecule has 2 aromatic rings. The molecule has 1 N–H and O–H groups in total. The average molecular weight is 531 g/mol. The summed E-state index contributed by atoms with van der Waals surface area (Å²) in [5.41, 5.74) is -0.417. The van der Waals surface area contributed by atoms with E-state index in [2.05, 4.69) is 5.32 Å². The number of anilines is 1. The molecule has 0 saturated heterocycles. The summed E-state index contributed by atoms with van der Waals surface area (Å²) in [4.78, 5) is 14.6. The number of nitrogens with zero attached hydrogens (tertiary/aromatic N) is 1. The van der Waals surface area contributed by atoms with Crippen molar-refractivity contribution >= 4 is 11.8 Å². The summed E-state index contributed by atoms with van der Waals surface area (Å²) in [6.45, 7) is 6.16. The van der Waals surface area contributed by atoms with Crippen molar-refractivity contribution in [2.24, 2.45) is 0 Å². The standard InChI is InChI=1S/C26H28F6N2O3/c1-24(2,3)37-23(35)34-6-4-5-21(20-9-16-13-36-14-17(16)10-22(20)34)33-12-15-7-18(25(27,28)29)11-19(8-15)26(30,31)32/h7-11,21,33H,4-6,12-14H2,1-3H3. The molecule has 0 bridgehead atoms. The number of ether oxygens (including phenoxy) is 2. The summed E-state index contributed by atoms with van der Waals surface area (Å²) < 4.78 is 90.9. The Morgan fingerprint density at radius 3 is 2.14 bits per heavy atom. The lowest BCUT2D eigenvalue weighted by molar-refractivity contribution is -0.143. The second-order valence-corrected chi connectivity index (χ2v) is 10.3. The van der Waals surface area contributed by atoms with Crippen molar-refractivity contribution in [2.45, 2.75) is 77.4 Å². The SMILES string of the molecule is CC(C)(C)OC(=O)N1CCCC(NCc2cc(C(F)(F)F)cc(C(F)(F)F)c2)c2cc3c(cc21)COC3. The molecular weight excluding hydrogens is 502 g/mol. The number of nitrogens with one attached hydrogen (secondary N) is 1. The molecule has 5 nitrogen and oxygen atoms in total. The van der Waals surface area contributed by atoms with E-state index in [1.54, 1.807) is 20.8 Å². The van der Waals surface area contributed by atoms with E-state index in [9.17, 15) is 31.1 Å². The van der Waals surface area contributed by atoms with Gasteiger partial charge in [-0.2, -0.15) is 26.3 Å². The third kappa shape index (κ3) is 6.38. The van der Waals surface area contributed by atoms with Crippen LogP contribution in [0, 0.1) is 0 Å². The second-order valence-electron chi connectivity index (χ2n) is 10.3. The van der Waals surface area contributed by atoms with Crippen molar-refractivity contribution in [1.82, 2.24) is 5.32 Å². The van der Waals surface area contributed by atoms with Gasteiger partial charge in [-0.05, 0) is 86.2 Å². The molecule has 2 aliphatic rings. The quantitative estimate of drug-likeness (QED) is 0.430. The Kier molecular flexibility index (Phi) is 7.24. The summed E-state index contributed by atoms with van der Waals surface area (Å²) in [6.07, 6.45) is -9.31. The first-order chi connectivity index (χ1) is 17.1. The molecule has 0 spiro atoms. The zero-order valence-corrected chi connectivity index (χ0v) is 20.6. The van der Waals surface area contributed by atoms with E-state index in [4.69, 9.17) is 9.47 Å². The number of fused-ring (bicyclic) bond motifs is 2. The van der Waals surface area contributed by atoms with Crippen LogP contribution in [0.2, 0.25) is 0 Å². The molecule has 202 valence electrons. The molecule has 11 heteroatoms. The van der Waals surface area contributed by atoms with Gasteiger partial charge in [-0.3, -0.25) is 4.90 Å². The molecule has 37 heavy (non-hydrogen) atoms. The van der Waals surface area contributed by atoms with E-state index in [0.29, 0.717) is 38.3 Å². The lowest BCUT2D eigenvalue weighted by Crippen LogP contribution is -2.37. The van der Waals surface area contributed by atoms with Gasteiger partial charge in [0.25, 0.3) is 0 Å². The Labute approximate surface area is 210 Å². The van der Waals surface area contributed by atoms with Gasteiger partial charge in [-0.25, -0.2) is 4.79 Å². The molecule has 1 amide bonds. The van der Waals surface area contributed by atoms with Gasteiger partial charge in [0.15, 0.2) is 0 Å². The van der Waals surface area contributed by atoms with Crippen molar-refractivity contribution < 1.29 is 40.6 Å². The predicted octanol–water partition coefficient (Wildman–Crippen LogP) is 7.12. The van der Waals surface area contributed by atoms with Crippen LogP contribution in [-0.4, -0.2) is 18.2 Å². The highest BCUT2D eigenvalue weighted by Crippen LogP contribution is 2.39. The number of hydrogen-bond donors (Lipinski definition) is 1. The van der Waals surface area contributed by atoms with Gasteiger partial charge in [-0.15, -0.1) is 0 Å². The number of rotatable bonds is 3. The lowest BCUT2D eigenvalue weighted by Gasteiger charge is -2.28. The van der Waals surface area contributed by atoms with Crippen LogP contribution < -0.4 is 10.2 Å². The maximum atomic E-state index is 13.3. The molecule has 2 aromatic carbocycles. The van der Waals surface area contributed by atoms with Crippen LogP contribution in [0.4, 0.5) is 36.8 Å². The molecule has 0 aliphatic carbocycles. The van der Waals surface area contributed by atoms with E-state index in [0.717, 1.165) is 28.8 Å². The molecule has 0 fully saturated rings. The Morgan fingerprint density at radius 1 is 0.973 bits per heavy atom. The van der Waals surface area contributed by atoms with Crippen LogP contribution in [0.25, 0.3) is 0 Å². The van der Waals surface area contributed by atoms with E-state index in [1.807, 2.05) is 12.1 Å². The summed E-state index contributed by atoms with van der Waals surface area (Å²) >= 11 is 0. The first-order valence-corrected chi connectivity index (χ1v) is 11.9. The van der Waals surface area contributed by atoms with Crippen LogP contribution in [-0.2, 0) is 41.6 Å². The highest BCUT2D eigenvalue weighted by Gasteiger charge is 2.37. The number of carbonyl (C=O) groups excluding carboxylic acids is 1. The van der Waals surface area contributed by atoms with Crippen molar-refractivity contribution in [3.8, 4) is 0 Å². The van der Waals surface area contributed by atoms with Gasteiger partial charge in [0.05, 0.1) is 30.0 Å². The number of halogens is 6. The Hall–Kier alpha value is -2.79. The minimum atomic E-state index is -4.92. The van der Waals surface area contributed by atoms with E-state index in [1.165, 1.54) is 4.90 Å². The van der Waals surface area contributed by atoms with E-state index in [-0.39, 0.29) is 18.2 Å². The first kappa shape index (κ1) is 27.3.